The second-order valence-corrected chi connectivity index (χ2v) is 11.5. The molecule has 1 saturated heterocycles. The van der Waals surface area contributed by atoms with Crippen LogP contribution in [0.5, 0.6) is 0 Å². The Bertz CT molecular complexity index is 915. The van der Waals surface area contributed by atoms with Gasteiger partial charge in [-0.25, -0.2) is 8.78 Å². The van der Waals surface area contributed by atoms with Crippen molar-refractivity contribution in [2.45, 2.75) is 96.2 Å². The summed E-state index contributed by atoms with van der Waals surface area (Å²) in [5.74, 6) is -8.93. The van der Waals surface area contributed by atoms with Crippen LogP contribution in [0, 0.1) is 34.5 Å². The Labute approximate surface area is 226 Å². The summed E-state index contributed by atoms with van der Waals surface area (Å²) in [7, 11) is 1.76. The van der Waals surface area contributed by atoms with Crippen molar-refractivity contribution in [3.8, 4) is 6.07 Å². The minimum absolute atomic E-state index is 0.0238. The molecule has 1 heterocycles. The van der Waals surface area contributed by atoms with Crippen LogP contribution in [-0.2, 0) is 19.1 Å². The zero-order valence-corrected chi connectivity index (χ0v) is 23.0. The highest BCUT2D eigenvalue weighted by molar-refractivity contribution is 5.90. The fourth-order valence-corrected chi connectivity index (χ4v) is 5.32. The molecule has 0 aromatic carbocycles. The van der Waals surface area contributed by atoms with Gasteiger partial charge in [0.2, 0.25) is 11.8 Å². The van der Waals surface area contributed by atoms with Crippen molar-refractivity contribution in [3.05, 3.63) is 0 Å². The Kier molecular flexibility index (Phi) is 10.9. The topological polar surface area (TPSA) is 112 Å². The first kappa shape index (κ1) is 32.9. The first-order chi connectivity index (χ1) is 18.0. The quantitative estimate of drug-likeness (QED) is 0.201. The third kappa shape index (κ3) is 8.33. The third-order valence-electron chi connectivity index (χ3n) is 7.92. The van der Waals surface area contributed by atoms with Gasteiger partial charge in [0.15, 0.2) is 5.92 Å². The average molecular weight is 567 g/mol. The number of rotatable bonds is 13. The molecule has 1 saturated carbocycles. The molecule has 2 aliphatic rings. The summed E-state index contributed by atoms with van der Waals surface area (Å²) in [6, 6.07) is -0.473. The predicted octanol–water partition coefficient (Wildman–Crippen LogP) is 3.45. The molecule has 6 unspecified atom stereocenters. The molecular formula is C26H39F5N4O4. The van der Waals surface area contributed by atoms with E-state index >= 15 is 0 Å². The lowest BCUT2D eigenvalue weighted by atomic mass is 9.80. The minimum atomic E-state index is -5.06. The van der Waals surface area contributed by atoms with E-state index < -0.39 is 84.2 Å². The molecule has 2 amide bonds. The molecule has 2 rings (SSSR count). The minimum Gasteiger partial charge on any atom is -0.374 e. The predicted molar refractivity (Wildman–Crippen MR) is 131 cm³/mol. The van der Waals surface area contributed by atoms with Crippen molar-refractivity contribution in [1.82, 2.24) is 15.5 Å². The van der Waals surface area contributed by atoms with E-state index in [0.717, 1.165) is 11.8 Å². The molecule has 6 atom stereocenters. The highest BCUT2D eigenvalue weighted by atomic mass is 19.4. The Morgan fingerprint density at radius 1 is 1.26 bits per heavy atom. The van der Waals surface area contributed by atoms with Crippen molar-refractivity contribution in [2.24, 2.45) is 23.2 Å². The van der Waals surface area contributed by atoms with Gasteiger partial charge in [0, 0.05) is 25.3 Å². The average Bonchev–Trinajstić information content (AvgIpc) is 3.04. The molecular weight excluding hydrogens is 527 g/mol. The van der Waals surface area contributed by atoms with Gasteiger partial charge in [-0.3, -0.25) is 9.59 Å². The number of nitrogens with zero attached hydrogens (tertiary/aromatic N) is 2. The number of likely N-dealkylation sites (tertiary alicyclic amines) is 1. The molecule has 222 valence electrons. The lowest BCUT2D eigenvalue weighted by Crippen LogP contribution is -2.56. The molecule has 13 heteroatoms. The van der Waals surface area contributed by atoms with Crippen LogP contribution in [0.25, 0.3) is 0 Å². The summed E-state index contributed by atoms with van der Waals surface area (Å²) >= 11 is 0. The maximum atomic E-state index is 14.1. The lowest BCUT2D eigenvalue weighted by molar-refractivity contribution is -0.235. The molecule has 2 N–H and O–H groups in total. The molecule has 2 fully saturated rings. The monoisotopic (exact) mass is 566 g/mol. The number of carbonyl (C=O) groups is 3. The summed E-state index contributed by atoms with van der Waals surface area (Å²) in [5.41, 5.74) is -0.742. The molecule has 0 aromatic rings. The van der Waals surface area contributed by atoms with Crippen LogP contribution in [0.3, 0.4) is 0 Å². The number of hydrogen-bond acceptors (Lipinski definition) is 6. The van der Waals surface area contributed by atoms with E-state index in [0.29, 0.717) is 25.7 Å². The van der Waals surface area contributed by atoms with Gasteiger partial charge in [-0.1, -0.05) is 20.8 Å². The number of hydrogen-bond donors (Lipinski definition) is 2. The first-order valence-electron chi connectivity index (χ1n) is 13.2. The van der Waals surface area contributed by atoms with E-state index in [-0.39, 0.29) is 13.0 Å². The fraction of sp³-hybridized carbons (Fsp3) is 0.846. The Morgan fingerprint density at radius 2 is 1.87 bits per heavy atom. The van der Waals surface area contributed by atoms with E-state index in [2.05, 4.69) is 10.6 Å². The summed E-state index contributed by atoms with van der Waals surface area (Å²) in [6.45, 7) is 6.59. The van der Waals surface area contributed by atoms with Gasteiger partial charge in [-0.15, -0.1) is 0 Å². The molecule has 0 aromatic heterocycles. The van der Waals surface area contributed by atoms with Gasteiger partial charge in [0.05, 0.1) is 18.3 Å². The summed E-state index contributed by atoms with van der Waals surface area (Å²) < 4.78 is 74.0. The number of nitriles is 1. The van der Waals surface area contributed by atoms with Gasteiger partial charge in [-0.05, 0) is 51.1 Å². The molecule has 8 nitrogen and oxygen atoms in total. The smallest absolute Gasteiger partial charge is 0.374 e. The van der Waals surface area contributed by atoms with Crippen LogP contribution in [0.4, 0.5) is 22.0 Å². The Balaban J connectivity index is 2.23. The van der Waals surface area contributed by atoms with Crippen LogP contribution in [0.1, 0.15) is 59.8 Å². The lowest BCUT2D eigenvalue weighted by Gasteiger charge is -2.39. The van der Waals surface area contributed by atoms with E-state index in [1.807, 2.05) is 6.07 Å². The number of amides is 2. The number of alkyl halides is 5. The van der Waals surface area contributed by atoms with Gasteiger partial charge in [0.1, 0.15) is 18.4 Å². The number of carbonyl (C=O) groups excluding carboxylic acids is 3. The van der Waals surface area contributed by atoms with Crippen molar-refractivity contribution in [2.75, 3.05) is 20.1 Å². The maximum absolute atomic E-state index is 14.1. The number of ether oxygens (including phenoxy) is 1. The Morgan fingerprint density at radius 3 is 2.36 bits per heavy atom. The van der Waals surface area contributed by atoms with Gasteiger partial charge < -0.3 is 25.1 Å². The normalized spacial score (nSPS) is 25.6. The third-order valence-corrected chi connectivity index (χ3v) is 7.92. The molecule has 1 aliphatic carbocycles. The van der Waals surface area contributed by atoms with Crippen molar-refractivity contribution in [1.29, 1.82) is 5.26 Å². The zero-order chi connectivity index (χ0) is 29.8. The first-order valence-corrected chi connectivity index (χ1v) is 13.2. The molecule has 39 heavy (non-hydrogen) atoms. The highest BCUT2D eigenvalue weighted by Gasteiger charge is 2.58. The zero-order valence-electron chi connectivity index (χ0n) is 23.0. The van der Waals surface area contributed by atoms with E-state index in [9.17, 15) is 41.6 Å². The van der Waals surface area contributed by atoms with Crippen molar-refractivity contribution < 1.29 is 41.1 Å². The van der Waals surface area contributed by atoms with Crippen molar-refractivity contribution in [3.63, 3.8) is 0 Å². The molecule has 0 bridgehead atoms. The van der Waals surface area contributed by atoms with Crippen LogP contribution < -0.4 is 10.6 Å². The molecule has 0 spiro atoms. The fourth-order valence-electron chi connectivity index (χ4n) is 5.32. The van der Waals surface area contributed by atoms with Crippen LogP contribution in [-0.4, -0.2) is 79.5 Å². The van der Waals surface area contributed by atoms with Gasteiger partial charge in [0.25, 0.3) is 5.92 Å². The van der Waals surface area contributed by atoms with Gasteiger partial charge >= 0.3 is 6.18 Å². The SMILES string of the molecule is CNCCCC(C=O)CC(C#N)NC(=O)C1C(C)C(C)(C)CN1C(=O)C(C(C)OC1CC(F)(F)C1)C(F)(F)F. The molecule has 1 aliphatic heterocycles. The summed E-state index contributed by atoms with van der Waals surface area (Å²) in [6.07, 6.45) is -7.47. The van der Waals surface area contributed by atoms with E-state index in [1.54, 1.807) is 27.8 Å². The number of halogens is 5. The second kappa shape index (κ2) is 12.9. The standard InChI is InChI=1S/C26H39F5N4O4/c1-15-21(22(37)34-18(12-32)9-17(13-36)7-6-8-33-5)35(14-24(15,3)4)23(38)20(26(29,30)31)16(2)39-19-10-25(27,28)11-19/h13,15-21,33H,6-11,14H2,1-5H3,(H,34,37). The second-order valence-electron chi connectivity index (χ2n) is 11.5. The maximum Gasteiger partial charge on any atom is 0.403 e. The van der Waals surface area contributed by atoms with Crippen LogP contribution >= 0.6 is 0 Å². The number of nitrogens with one attached hydrogen (secondary N) is 2. The van der Waals surface area contributed by atoms with E-state index in [1.165, 1.54) is 0 Å². The summed E-state index contributed by atoms with van der Waals surface area (Å²) in [4.78, 5) is 39.1. The van der Waals surface area contributed by atoms with Crippen molar-refractivity contribution >= 4 is 18.1 Å². The Hall–Kier alpha value is -2.33. The van der Waals surface area contributed by atoms with Gasteiger partial charge in [-0.2, -0.15) is 18.4 Å². The largest absolute Gasteiger partial charge is 0.403 e. The summed E-state index contributed by atoms with van der Waals surface area (Å²) in [5, 5.41) is 15.1. The highest BCUT2D eigenvalue weighted by Crippen LogP contribution is 2.44. The van der Waals surface area contributed by atoms with E-state index in [4.69, 9.17) is 4.74 Å². The number of aldehydes is 1. The molecule has 0 radical (unpaired) electrons. The van der Waals surface area contributed by atoms with Crippen LogP contribution in [0.2, 0.25) is 0 Å². The van der Waals surface area contributed by atoms with Crippen LogP contribution in [0.15, 0.2) is 0 Å².